The van der Waals surface area contributed by atoms with E-state index in [9.17, 15) is 4.39 Å². The highest BCUT2D eigenvalue weighted by Gasteiger charge is 2.04. The van der Waals surface area contributed by atoms with Crippen LogP contribution < -0.4 is 5.32 Å². The SMILES string of the molecule is CNCCc1cc2c(F)cccc2s1. The number of rotatable bonds is 3. The highest BCUT2D eigenvalue weighted by molar-refractivity contribution is 7.19. The van der Waals surface area contributed by atoms with Gasteiger partial charge in [0.05, 0.1) is 0 Å². The predicted molar refractivity (Wildman–Crippen MR) is 59.4 cm³/mol. The molecule has 1 N–H and O–H groups in total. The van der Waals surface area contributed by atoms with E-state index in [0.717, 1.165) is 23.1 Å². The summed E-state index contributed by atoms with van der Waals surface area (Å²) in [5, 5.41) is 3.84. The number of hydrogen-bond donors (Lipinski definition) is 1. The summed E-state index contributed by atoms with van der Waals surface area (Å²) in [7, 11) is 1.92. The second-order valence-corrected chi connectivity index (χ2v) is 4.39. The lowest BCUT2D eigenvalue weighted by Gasteiger charge is -1.93. The summed E-state index contributed by atoms with van der Waals surface area (Å²) >= 11 is 1.67. The summed E-state index contributed by atoms with van der Waals surface area (Å²) in [6.45, 7) is 0.939. The maximum atomic E-state index is 13.3. The quantitative estimate of drug-likeness (QED) is 0.819. The summed E-state index contributed by atoms with van der Waals surface area (Å²) in [5.41, 5.74) is 0. The van der Waals surface area contributed by atoms with Crippen molar-refractivity contribution in [3.8, 4) is 0 Å². The Morgan fingerprint density at radius 1 is 1.43 bits per heavy atom. The largest absolute Gasteiger partial charge is 0.319 e. The van der Waals surface area contributed by atoms with Crippen LogP contribution in [0.5, 0.6) is 0 Å². The second kappa shape index (κ2) is 4.07. The van der Waals surface area contributed by atoms with Crippen LogP contribution in [-0.4, -0.2) is 13.6 Å². The Morgan fingerprint density at radius 2 is 2.29 bits per heavy atom. The number of hydrogen-bond acceptors (Lipinski definition) is 2. The van der Waals surface area contributed by atoms with Gasteiger partial charge in [-0.2, -0.15) is 0 Å². The van der Waals surface area contributed by atoms with Gasteiger partial charge in [-0.05, 0) is 38.2 Å². The molecule has 0 aliphatic rings. The van der Waals surface area contributed by atoms with Gasteiger partial charge in [0.2, 0.25) is 0 Å². The summed E-state index contributed by atoms with van der Waals surface area (Å²) in [4.78, 5) is 1.24. The minimum absolute atomic E-state index is 0.116. The number of benzene rings is 1. The molecular weight excluding hydrogens is 197 g/mol. The molecule has 0 aliphatic heterocycles. The van der Waals surface area contributed by atoms with E-state index in [1.807, 2.05) is 19.2 Å². The van der Waals surface area contributed by atoms with Crippen LogP contribution in [-0.2, 0) is 6.42 Å². The maximum absolute atomic E-state index is 13.3. The third-order valence-corrected chi connectivity index (χ3v) is 3.34. The molecule has 2 rings (SSSR count). The number of fused-ring (bicyclic) bond motifs is 1. The van der Waals surface area contributed by atoms with E-state index in [2.05, 4.69) is 5.32 Å². The van der Waals surface area contributed by atoms with Crippen molar-refractivity contribution in [3.05, 3.63) is 35.0 Å². The maximum Gasteiger partial charge on any atom is 0.131 e. The lowest BCUT2D eigenvalue weighted by atomic mass is 10.2. The van der Waals surface area contributed by atoms with Crippen LogP contribution in [0.25, 0.3) is 10.1 Å². The minimum atomic E-state index is -0.116. The summed E-state index contributed by atoms with van der Waals surface area (Å²) in [6, 6.07) is 7.19. The van der Waals surface area contributed by atoms with Gasteiger partial charge in [-0.15, -0.1) is 11.3 Å². The van der Waals surface area contributed by atoms with E-state index in [4.69, 9.17) is 0 Å². The first-order valence-corrected chi connectivity index (χ1v) is 5.44. The molecule has 0 radical (unpaired) electrons. The monoisotopic (exact) mass is 209 g/mol. The summed E-state index contributed by atoms with van der Waals surface area (Å²) in [5.74, 6) is -0.116. The van der Waals surface area contributed by atoms with E-state index >= 15 is 0 Å². The normalized spacial score (nSPS) is 11.0. The molecule has 1 aromatic carbocycles. The first-order chi connectivity index (χ1) is 6.81. The Kier molecular flexibility index (Phi) is 2.79. The zero-order chi connectivity index (χ0) is 9.97. The fraction of sp³-hybridized carbons (Fsp3) is 0.273. The van der Waals surface area contributed by atoms with Crippen molar-refractivity contribution in [1.29, 1.82) is 0 Å². The van der Waals surface area contributed by atoms with Gasteiger partial charge in [-0.3, -0.25) is 0 Å². The first kappa shape index (κ1) is 9.62. The van der Waals surface area contributed by atoms with Crippen molar-refractivity contribution < 1.29 is 4.39 Å². The number of halogens is 1. The molecule has 0 saturated heterocycles. The van der Waals surface area contributed by atoms with Gasteiger partial charge in [0.1, 0.15) is 5.82 Å². The van der Waals surface area contributed by atoms with Crippen LogP contribution in [0.4, 0.5) is 4.39 Å². The molecule has 1 nitrogen and oxygen atoms in total. The molecule has 1 aromatic heterocycles. The number of likely N-dealkylation sites (N-methyl/N-ethyl adjacent to an activating group) is 1. The highest BCUT2D eigenvalue weighted by Crippen LogP contribution is 2.27. The average Bonchev–Trinajstić information content (AvgIpc) is 2.59. The third kappa shape index (κ3) is 1.79. The molecule has 0 unspecified atom stereocenters. The molecule has 0 spiro atoms. The van der Waals surface area contributed by atoms with Gasteiger partial charge in [0.25, 0.3) is 0 Å². The van der Waals surface area contributed by atoms with Crippen molar-refractivity contribution in [2.75, 3.05) is 13.6 Å². The first-order valence-electron chi connectivity index (χ1n) is 4.63. The van der Waals surface area contributed by atoms with Crippen LogP contribution in [0.1, 0.15) is 4.88 Å². The molecule has 14 heavy (non-hydrogen) atoms. The molecule has 0 aliphatic carbocycles. The van der Waals surface area contributed by atoms with Gasteiger partial charge < -0.3 is 5.32 Å². The number of nitrogens with one attached hydrogen (secondary N) is 1. The Balaban J connectivity index is 2.36. The molecule has 1 heterocycles. The minimum Gasteiger partial charge on any atom is -0.319 e. The Morgan fingerprint density at radius 3 is 3.00 bits per heavy atom. The molecule has 0 atom stereocenters. The Hall–Kier alpha value is -0.930. The van der Waals surface area contributed by atoms with E-state index < -0.39 is 0 Å². The summed E-state index contributed by atoms with van der Waals surface area (Å²) in [6.07, 6.45) is 0.968. The van der Waals surface area contributed by atoms with Crippen molar-refractivity contribution in [2.24, 2.45) is 0 Å². The standard InChI is InChI=1S/C11H12FNS/c1-13-6-5-8-7-9-10(12)3-2-4-11(9)14-8/h2-4,7,13H,5-6H2,1H3. The lowest BCUT2D eigenvalue weighted by Crippen LogP contribution is -2.09. The Bertz CT molecular complexity index is 436. The van der Waals surface area contributed by atoms with Gasteiger partial charge in [-0.25, -0.2) is 4.39 Å². The van der Waals surface area contributed by atoms with Gasteiger partial charge >= 0.3 is 0 Å². The average molecular weight is 209 g/mol. The molecule has 0 saturated carbocycles. The van der Waals surface area contributed by atoms with Crippen LogP contribution in [0.15, 0.2) is 24.3 Å². The topological polar surface area (TPSA) is 12.0 Å². The van der Waals surface area contributed by atoms with Crippen LogP contribution in [0, 0.1) is 5.82 Å². The third-order valence-electron chi connectivity index (χ3n) is 2.18. The van der Waals surface area contributed by atoms with Crippen LogP contribution in [0.2, 0.25) is 0 Å². The van der Waals surface area contributed by atoms with E-state index in [-0.39, 0.29) is 5.82 Å². The molecular formula is C11H12FNS. The van der Waals surface area contributed by atoms with Gasteiger partial charge in [-0.1, -0.05) is 6.07 Å². The number of thiophene rings is 1. The van der Waals surface area contributed by atoms with Crippen molar-refractivity contribution in [3.63, 3.8) is 0 Å². The lowest BCUT2D eigenvalue weighted by molar-refractivity contribution is 0.640. The van der Waals surface area contributed by atoms with Crippen molar-refractivity contribution >= 4 is 21.4 Å². The van der Waals surface area contributed by atoms with E-state index in [0.29, 0.717) is 0 Å². The molecule has 0 bridgehead atoms. The fourth-order valence-corrected chi connectivity index (χ4v) is 2.53. The molecule has 3 heteroatoms. The van der Waals surface area contributed by atoms with Crippen molar-refractivity contribution in [2.45, 2.75) is 6.42 Å². The Labute approximate surface area is 86.6 Å². The molecule has 74 valence electrons. The van der Waals surface area contributed by atoms with Gasteiger partial charge in [0, 0.05) is 15.0 Å². The second-order valence-electron chi connectivity index (χ2n) is 3.22. The highest BCUT2D eigenvalue weighted by atomic mass is 32.1. The van der Waals surface area contributed by atoms with E-state index in [1.165, 1.54) is 10.9 Å². The smallest absolute Gasteiger partial charge is 0.131 e. The predicted octanol–water partition coefficient (Wildman–Crippen LogP) is 2.80. The summed E-state index contributed by atoms with van der Waals surface area (Å²) < 4.78 is 14.4. The zero-order valence-corrected chi connectivity index (χ0v) is 8.83. The molecule has 2 aromatic rings. The molecule has 0 fully saturated rings. The fourth-order valence-electron chi connectivity index (χ4n) is 1.45. The van der Waals surface area contributed by atoms with Crippen LogP contribution in [0.3, 0.4) is 0 Å². The van der Waals surface area contributed by atoms with Gasteiger partial charge in [0.15, 0.2) is 0 Å². The van der Waals surface area contributed by atoms with Crippen molar-refractivity contribution in [1.82, 2.24) is 5.32 Å². The van der Waals surface area contributed by atoms with E-state index in [1.54, 1.807) is 17.4 Å². The molecule has 0 amide bonds. The van der Waals surface area contributed by atoms with Crippen LogP contribution >= 0.6 is 11.3 Å². The zero-order valence-electron chi connectivity index (χ0n) is 8.01.